The van der Waals surface area contributed by atoms with Gasteiger partial charge in [0, 0.05) is 19.2 Å². The third-order valence-electron chi connectivity index (χ3n) is 3.95. The number of aryl methyl sites for hydroxylation is 2. The molecule has 0 saturated heterocycles. The molecule has 1 aromatic heterocycles. The molecule has 2 rings (SSSR count). The molecule has 1 N–H and O–H groups in total. The molecule has 132 valence electrons. The Morgan fingerprint density at radius 3 is 2.40 bits per heavy atom. The molecule has 0 atom stereocenters. The first-order valence-corrected chi connectivity index (χ1v) is 8.44. The molecule has 1 heterocycles. The van der Waals surface area contributed by atoms with Crippen molar-refractivity contribution in [2.24, 2.45) is 0 Å². The zero-order chi connectivity index (χ0) is 18.1. The van der Waals surface area contributed by atoms with Crippen LogP contribution in [0.4, 0.5) is 0 Å². The summed E-state index contributed by atoms with van der Waals surface area (Å²) >= 11 is 0. The molecule has 0 saturated carbocycles. The van der Waals surface area contributed by atoms with Gasteiger partial charge in [-0.2, -0.15) is 0 Å². The number of benzene rings is 1. The first kappa shape index (κ1) is 18.6. The fraction of sp³-hybridized carbons (Fsp3) is 0.350. The number of ether oxygens (including phenoxy) is 1. The van der Waals surface area contributed by atoms with Gasteiger partial charge in [0.1, 0.15) is 5.69 Å². The van der Waals surface area contributed by atoms with Gasteiger partial charge < -0.3 is 10.1 Å². The monoisotopic (exact) mass is 340 g/mol. The second-order valence-corrected chi connectivity index (χ2v) is 6.01. The maximum Gasteiger partial charge on any atom is 0.356 e. The molecular formula is C20H24N2O3. The van der Waals surface area contributed by atoms with Crippen LogP contribution in [0.3, 0.4) is 0 Å². The molecule has 5 heteroatoms. The fourth-order valence-electron chi connectivity index (χ4n) is 2.41. The van der Waals surface area contributed by atoms with Crippen LogP contribution in [-0.4, -0.2) is 24.0 Å². The van der Waals surface area contributed by atoms with E-state index in [0.29, 0.717) is 13.0 Å². The fourth-order valence-corrected chi connectivity index (χ4v) is 2.41. The van der Waals surface area contributed by atoms with E-state index in [2.05, 4.69) is 46.2 Å². The quantitative estimate of drug-likeness (QED) is 0.592. The average Bonchev–Trinajstić information content (AvgIpc) is 2.64. The number of pyridine rings is 1. The van der Waals surface area contributed by atoms with E-state index in [1.165, 1.54) is 18.2 Å². The molecule has 25 heavy (non-hydrogen) atoms. The minimum Gasteiger partial charge on any atom is -0.464 e. The highest BCUT2D eigenvalue weighted by Gasteiger charge is 2.07. The standard InChI is InChI=1S/C20H24N2O3/c1-15-7-9-16(10-8-15)5-3-4-6-19(23)22-14-17-11-12-18(21-13-17)20(24)25-2/h7-13H,3-6,14H2,1-2H3,(H,22,23). The molecule has 0 spiro atoms. The molecular weight excluding hydrogens is 316 g/mol. The van der Waals surface area contributed by atoms with E-state index >= 15 is 0 Å². The molecule has 0 aliphatic heterocycles. The van der Waals surface area contributed by atoms with E-state index in [1.54, 1.807) is 18.3 Å². The highest BCUT2D eigenvalue weighted by molar-refractivity contribution is 5.87. The largest absolute Gasteiger partial charge is 0.464 e. The van der Waals surface area contributed by atoms with Crippen LogP contribution < -0.4 is 5.32 Å². The van der Waals surface area contributed by atoms with E-state index in [1.807, 2.05) is 0 Å². The van der Waals surface area contributed by atoms with Crippen molar-refractivity contribution in [1.82, 2.24) is 10.3 Å². The van der Waals surface area contributed by atoms with Crippen LogP contribution in [0.1, 0.15) is 46.4 Å². The molecule has 0 radical (unpaired) electrons. The summed E-state index contributed by atoms with van der Waals surface area (Å²) in [6.07, 6.45) is 4.93. The summed E-state index contributed by atoms with van der Waals surface area (Å²) in [5.74, 6) is -0.440. The lowest BCUT2D eigenvalue weighted by Crippen LogP contribution is -2.22. The normalized spacial score (nSPS) is 10.3. The Balaban J connectivity index is 1.65. The van der Waals surface area contributed by atoms with Crippen LogP contribution in [0.2, 0.25) is 0 Å². The van der Waals surface area contributed by atoms with Crippen molar-refractivity contribution in [3.8, 4) is 0 Å². The first-order chi connectivity index (χ1) is 12.1. The van der Waals surface area contributed by atoms with Crippen molar-refractivity contribution < 1.29 is 14.3 Å². The average molecular weight is 340 g/mol. The Kier molecular flexibility index (Phi) is 7.14. The van der Waals surface area contributed by atoms with Gasteiger partial charge in [-0.05, 0) is 43.4 Å². The number of aromatic nitrogens is 1. The number of unbranched alkanes of at least 4 members (excludes halogenated alkanes) is 1. The summed E-state index contributed by atoms with van der Waals surface area (Å²) in [5.41, 5.74) is 3.68. The van der Waals surface area contributed by atoms with Gasteiger partial charge in [-0.25, -0.2) is 9.78 Å². The van der Waals surface area contributed by atoms with Crippen molar-refractivity contribution in [3.05, 3.63) is 65.0 Å². The van der Waals surface area contributed by atoms with Gasteiger partial charge >= 0.3 is 5.97 Å². The lowest BCUT2D eigenvalue weighted by Gasteiger charge is -2.06. The number of nitrogens with one attached hydrogen (secondary N) is 1. The zero-order valence-corrected chi connectivity index (χ0v) is 14.7. The van der Waals surface area contributed by atoms with Gasteiger partial charge in [0.05, 0.1) is 7.11 Å². The number of carbonyl (C=O) groups excluding carboxylic acids is 2. The predicted octanol–water partition coefficient (Wildman–Crippen LogP) is 3.21. The van der Waals surface area contributed by atoms with Crippen LogP contribution in [0.25, 0.3) is 0 Å². The van der Waals surface area contributed by atoms with Crippen molar-refractivity contribution in [3.63, 3.8) is 0 Å². The van der Waals surface area contributed by atoms with Crippen LogP contribution in [-0.2, 0) is 22.5 Å². The van der Waals surface area contributed by atoms with Crippen LogP contribution in [0, 0.1) is 6.92 Å². The van der Waals surface area contributed by atoms with Gasteiger partial charge in [0.2, 0.25) is 5.91 Å². The lowest BCUT2D eigenvalue weighted by molar-refractivity contribution is -0.121. The van der Waals surface area contributed by atoms with E-state index in [0.717, 1.165) is 24.8 Å². The van der Waals surface area contributed by atoms with E-state index in [-0.39, 0.29) is 11.6 Å². The molecule has 5 nitrogen and oxygen atoms in total. The number of rotatable bonds is 8. The Bertz CT molecular complexity index is 694. The molecule has 1 amide bonds. The van der Waals surface area contributed by atoms with Crippen LogP contribution in [0.5, 0.6) is 0 Å². The zero-order valence-electron chi connectivity index (χ0n) is 14.7. The first-order valence-electron chi connectivity index (χ1n) is 8.44. The van der Waals surface area contributed by atoms with Gasteiger partial charge in [0.15, 0.2) is 0 Å². The van der Waals surface area contributed by atoms with E-state index < -0.39 is 5.97 Å². The lowest BCUT2D eigenvalue weighted by atomic mass is 10.1. The summed E-state index contributed by atoms with van der Waals surface area (Å²) in [7, 11) is 1.32. The van der Waals surface area contributed by atoms with Gasteiger partial charge in [-0.15, -0.1) is 0 Å². The molecule has 2 aromatic rings. The summed E-state index contributed by atoms with van der Waals surface area (Å²) in [6, 6.07) is 11.9. The number of amides is 1. The Labute approximate surface area is 148 Å². The number of methoxy groups -OCH3 is 1. The highest BCUT2D eigenvalue weighted by atomic mass is 16.5. The van der Waals surface area contributed by atoms with Crippen LogP contribution >= 0.6 is 0 Å². The summed E-state index contributed by atoms with van der Waals surface area (Å²) in [4.78, 5) is 27.2. The summed E-state index contributed by atoms with van der Waals surface area (Å²) in [6.45, 7) is 2.48. The van der Waals surface area contributed by atoms with Crippen molar-refractivity contribution in [1.29, 1.82) is 0 Å². The van der Waals surface area contributed by atoms with E-state index in [9.17, 15) is 9.59 Å². The maximum atomic E-state index is 11.9. The molecule has 1 aromatic carbocycles. The van der Waals surface area contributed by atoms with E-state index in [4.69, 9.17) is 0 Å². The number of hydrogen-bond acceptors (Lipinski definition) is 4. The van der Waals surface area contributed by atoms with Crippen molar-refractivity contribution >= 4 is 11.9 Å². The maximum absolute atomic E-state index is 11.9. The minimum atomic E-state index is -0.468. The SMILES string of the molecule is COC(=O)c1ccc(CNC(=O)CCCCc2ccc(C)cc2)cn1. The Hall–Kier alpha value is -2.69. The number of esters is 1. The number of nitrogens with zero attached hydrogens (tertiary/aromatic N) is 1. The second kappa shape index (κ2) is 9.57. The van der Waals surface area contributed by atoms with Crippen LogP contribution in [0.15, 0.2) is 42.6 Å². The molecule has 0 bridgehead atoms. The van der Waals surface area contributed by atoms with Gasteiger partial charge in [-0.1, -0.05) is 35.9 Å². The predicted molar refractivity (Wildman–Crippen MR) is 96.2 cm³/mol. The molecule has 0 fully saturated rings. The third-order valence-corrected chi connectivity index (χ3v) is 3.95. The Morgan fingerprint density at radius 2 is 1.76 bits per heavy atom. The second-order valence-electron chi connectivity index (χ2n) is 6.01. The molecule has 0 aliphatic rings. The van der Waals surface area contributed by atoms with Crippen molar-refractivity contribution in [2.45, 2.75) is 39.2 Å². The van der Waals surface area contributed by atoms with Crippen molar-refractivity contribution in [2.75, 3.05) is 7.11 Å². The number of carbonyl (C=O) groups is 2. The third kappa shape index (κ3) is 6.37. The van der Waals surface area contributed by atoms with Gasteiger partial charge in [-0.3, -0.25) is 4.79 Å². The minimum absolute atomic E-state index is 0.0287. The Morgan fingerprint density at radius 1 is 1.04 bits per heavy atom. The van der Waals surface area contributed by atoms with Gasteiger partial charge in [0.25, 0.3) is 0 Å². The summed E-state index contributed by atoms with van der Waals surface area (Å²) in [5, 5.41) is 2.87. The highest BCUT2D eigenvalue weighted by Crippen LogP contribution is 2.08. The summed E-state index contributed by atoms with van der Waals surface area (Å²) < 4.78 is 4.60. The molecule has 0 aliphatic carbocycles. The molecule has 0 unspecified atom stereocenters. The number of hydrogen-bond donors (Lipinski definition) is 1. The smallest absolute Gasteiger partial charge is 0.356 e. The topological polar surface area (TPSA) is 68.3 Å².